The molecule has 1 aromatic heterocycles. The molecule has 5 rings (SSSR count). The number of hydrogen-bond donors (Lipinski definition) is 0. The van der Waals surface area contributed by atoms with Crippen molar-refractivity contribution in [2.75, 3.05) is 6.61 Å². The minimum Gasteiger partial charge on any atom is -0.487 e. The summed E-state index contributed by atoms with van der Waals surface area (Å²) in [5, 5.41) is 1.17. The van der Waals surface area contributed by atoms with Gasteiger partial charge in [0.25, 0.3) is 5.56 Å². The van der Waals surface area contributed by atoms with Crippen molar-refractivity contribution in [3.05, 3.63) is 127 Å². The van der Waals surface area contributed by atoms with E-state index in [1.54, 1.807) is 30.6 Å². The van der Waals surface area contributed by atoms with E-state index in [1.165, 1.54) is 11.3 Å². The number of hydrogen-bond acceptors (Lipinski definition) is 6. The fourth-order valence-corrected chi connectivity index (χ4v) is 6.95. The Morgan fingerprint density at radius 3 is 2.46 bits per heavy atom. The molecule has 4 aromatic rings. The number of thiazole rings is 1. The summed E-state index contributed by atoms with van der Waals surface area (Å²) in [5.41, 5.74) is 4.07. The zero-order chi connectivity index (χ0) is 29.3. The van der Waals surface area contributed by atoms with Crippen LogP contribution in [-0.2, 0) is 16.1 Å². The summed E-state index contributed by atoms with van der Waals surface area (Å²) >= 11 is 15.9. The van der Waals surface area contributed by atoms with E-state index in [0.717, 1.165) is 20.3 Å². The van der Waals surface area contributed by atoms with Gasteiger partial charge in [0, 0.05) is 15.6 Å². The van der Waals surface area contributed by atoms with Crippen molar-refractivity contribution in [1.82, 2.24) is 4.57 Å². The average Bonchev–Trinajstić information content (AvgIpc) is 3.23. The lowest BCUT2D eigenvalue weighted by Gasteiger charge is -2.24. The molecule has 0 aliphatic carbocycles. The third kappa shape index (κ3) is 6.30. The van der Waals surface area contributed by atoms with Crippen LogP contribution < -0.4 is 19.6 Å². The molecular formula is C31H25Cl2IN2O4S. The van der Waals surface area contributed by atoms with Gasteiger partial charge in [0.15, 0.2) is 4.80 Å². The van der Waals surface area contributed by atoms with E-state index in [0.29, 0.717) is 48.6 Å². The number of halogens is 3. The highest BCUT2D eigenvalue weighted by molar-refractivity contribution is 14.1. The van der Waals surface area contributed by atoms with Crippen LogP contribution in [0.5, 0.6) is 5.75 Å². The molecule has 1 aliphatic rings. The van der Waals surface area contributed by atoms with Crippen molar-refractivity contribution in [3.63, 3.8) is 0 Å². The Morgan fingerprint density at radius 1 is 1.07 bits per heavy atom. The molecule has 10 heteroatoms. The molecule has 1 aliphatic heterocycles. The van der Waals surface area contributed by atoms with Crippen LogP contribution in [0.15, 0.2) is 81.7 Å². The summed E-state index contributed by atoms with van der Waals surface area (Å²) in [6.45, 7) is 6.04. The Kier molecular flexibility index (Phi) is 9.03. The molecule has 0 amide bonds. The van der Waals surface area contributed by atoms with Gasteiger partial charge in [-0.1, -0.05) is 76.5 Å². The van der Waals surface area contributed by atoms with Gasteiger partial charge in [0.2, 0.25) is 0 Å². The second-order valence-electron chi connectivity index (χ2n) is 9.43. The summed E-state index contributed by atoms with van der Waals surface area (Å²) in [6, 6.07) is 18.1. The van der Waals surface area contributed by atoms with E-state index in [2.05, 4.69) is 27.6 Å². The molecule has 0 saturated heterocycles. The summed E-state index contributed by atoms with van der Waals surface area (Å²) in [7, 11) is 0. The number of nitrogens with zero attached hydrogens (tertiary/aromatic N) is 2. The number of ether oxygens (including phenoxy) is 2. The fourth-order valence-electron chi connectivity index (χ4n) is 4.57. The van der Waals surface area contributed by atoms with E-state index in [-0.39, 0.29) is 12.2 Å². The lowest BCUT2D eigenvalue weighted by Crippen LogP contribution is -2.39. The molecule has 0 spiro atoms. The maximum Gasteiger partial charge on any atom is 0.338 e. The largest absolute Gasteiger partial charge is 0.487 e. The molecule has 0 saturated carbocycles. The van der Waals surface area contributed by atoms with Crippen molar-refractivity contribution in [2.45, 2.75) is 33.4 Å². The second-order valence-corrected chi connectivity index (χ2v) is 12.5. The van der Waals surface area contributed by atoms with Gasteiger partial charge in [-0.05, 0) is 84.8 Å². The smallest absolute Gasteiger partial charge is 0.338 e. The minimum absolute atomic E-state index is 0.215. The quantitative estimate of drug-likeness (QED) is 0.160. The van der Waals surface area contributed by atoms with Crippen LogP contribution in [0.4, 0.5) is 0 Å². The second kappa shape index (κ2) is 12.5. The van der Waals surface area contributed by atoms with Gasteiger partial charge >= 0.3 is 5.97 Å². The van der Waals surface area contributed by atoms with Crippen LogP contribution in [0.2, 0.25) is 10.0 Å². The van der Waals surface area contributed by atoms with Gasteiger partial charge in [0.05, 0.1) is 32.0 Å². The first kappa shape index (κ1) is 29.6. The zero-order valence-electron chi connectivity index (χ0n) is 22.4. The standard InChI is InChI=1S/C31H25Cl2IN2O4S/c1-4-39-30(38)26-18(3)35-31-36(27(26)20-9-5-17(2)6-10-20)29(37)25(41-31)14-21-13-23(33)15-24(34)28(21)40-16-19-7-11-22(32)12-8-19/h5-15,27H,4,16H2,1-3H3/b25-14-/t27-/m1/s1. The molecule has 6 nitrogen and oxygen atoms in total. The minimum atomic E-state index is -0.673. The first-order valence-corrected chi connectivity index (χ1v) is 15.4. The van der Waals surface area contributed by atoms with Gasteiger partial charge in [0.1, 0.15) is 12.4 Å². The lowest BCUT2D eigenvalue weighted by molar-refractivity contribution is -0.139. The molecule has 0 fully saturated rings. The monoisotopic (exact) mass is 718 g/mol. The van der Waals surface area contributed by atoms with Crippen LogP contribution in [0, 0.1) is 10.5 Å². The van der Waals surface area contributed by atoms with Crippen molar-refractivity contribution >= 4 is 69.2 Å². The Hall–Kier alpha value is -2.92. The Labute approximate surface area is 264 Å². The predicted molar refractivity (Wildman–Crippen MR) is 172 cm³/mol. The number of esters is 1. The average molecular weight is 719 g/mol. The van der Waals surface area contributed by atoms with Crippen molar-refractivity contribution in [2.24, 2.45) is 4.99 Å². The lowest BCUT2D eigenvalue weighted by atomic mass is 9.95. The number of benzene rings is 3. The van der Waals surface area contributed by atoms with Gasteiger partial charge in [-0.15, -0.1) is 0 Å². The van der Waals surface area contributed by atoms with Crippen LogP contribution >= 0.6 is 57.1 Å². The summed E-state index contributed by atoms with van der Waals surface area (Å²) in [5.74, 6) is 0.116. The molecule has 210 valence electrons. The number of aryl methyl sites for hydroxylation is 1. The normalized spacial score (nSPS) is 15.0. The van der Waals surface area contributed by atoms with E-state index < -0.39 is 12.0 Å². The third-order valence-electron chi connectivity index (χ3n) is 6.53. The van der Waals surface area contributed by atoms with Crippen LogP contribution in [0.3, 0.4) is 0 Å². The van der Waals surface area contributed by atoms with Gasteiger partial charge in [-0.25, -0.2) is 9.79 Å². The number of allylic oxidation sites excluding steroid dienone is 1. The van der Waals surface area contributed by atoms with Crippen LogP contribution in [0.25, 0.3) is 6.08 Å². The van der Waals surface area contributed by atoms with Crippen LogP contribution in [0.1, 0.15) is 42.1 Å². The Bertz CT molecular complexity index is 1850. The van der Waals surface area contributed by atoms with E-state index >= 15 is 0 Å². The van der Waals surface area contributed by atoms with E-state index in [4.69, 9.17) is 32.7 Å². The maximum absolute atomic E-state index is 14.0. The zero-order valence-corrected chi connectivity index (χ0v) is 26.9. The first-order valence-electron chi connectivity index (χ1n) is 12.8. The maximum atomic E-state index is 14.0. The van der Waals surface area contributed by atoms with Gasteiger partial charge < -0.3 is 9.47 Å². The highest BCUT2D eigenvalue weighted by Gasteiger charge is 2.33. The molecular weight excluding hydrogens is 694 g/mol. The highest BCUT2D eigenvalue weighted by Crippen LogP contribution is 2.32. The van der Waals surface area contributed by atoms with Crippen molar-refractivity contribution < 1.29 is 14.3 Å². The molecule has 0 unspecified atom stereocenters. The Morgan fingerprint density at radius 2 is 1.78 bits per heavy atom. The number of rotatable bonds is 7. The van der Waals surface area contributed by atoms with Gasteiger partial charge in [-0.2, -0.15) is 0 Å². The number of carbonyl (C=O) groups is 1. The molecule has 0 bridgehead atoms. The molecule has 1 atom stereocenters. The van der Waals surface area contributed by atoms with E-state index in [9.17, 15) is 9.59 Å². The predicted octanol–water partition coefficient (Wildman–Crippen LogP) is 6.60. The molecule has 3 aromatic carbocycles. The Balaban J connectivity index is 1.64. The summed E-state index contributed by atoms with van der Waals surface area (Å²) in [6.07, 6.45) is 1.77. The van der Waals surface area contributed by atoms with Crippen LogP contribution in [-0.4, -0.2) is 17.1 Å². The van der Waals surface area contributed by atoms with E-state index in [1.807, 2.05) is 61.5 Å². The molecule has 41 heavy (non-hydrogen) atoms. The van der Waals surface area contributed by atoms with Crippen molar-refractivity contribution in [3.8, 4) is 5.75 Å². The number of fused-ring (bicyclic) bond motifs is 1. The number of carbonyl (C=O) groups excluding carboxylic acids is 1. The summed E-state index contributed by atoms with van der Waals surface area (Å²) < 4.78 is 14.4. The highest BCUT2D eigenvalue weighted by atomic mass is 127. The molecule has 2 heterocycles. The molecule has 0 N–H and O–H groups in total. The first-order chi connectivity index (χ1) is 19.7. The molecule has 0 radical (unpaired) electrons. The third-order valence-corrected chi connectivity index (χ3v) is 8.78. The number of aromatic nitrogens is 1. The van der Waals surface area contributed by atoms with Gasteiger partial charge in [-0.3, -0.25) is 9.36 Å². The van der Waals surface area contributed by atoms with Crippen molar-refractivity contribution in [1.29, 1.82) is 0 Å². The summed E-state index contributed by atoms with van der Waals surface area (Å²) in [4.78, 5) is 32.3. The fraction of sp³-hybridized carbons (Fsp3) is 0.194. The SMILES string of the molecule is CCOC(=O)C1=C(C)N=c2s/c(=C\c3cc(Cl)cc(I)c3OCc3ccc(Cl)cc3)c(=O)n2[C@@H]1c1ccc(C)cc1. The topological polar surface area (TPSA) is 69.9 Å².